The molecule has 0 aliphatic heterocycles. The van der Waals surface area contributed by atoms with Gasteiger partial charge in [0.2, 0.25) is 4.34 Å². The van der Waals surface area contributed by atoms with Gasteiger partial charge < -0.3 is 10.4 Å². The number of anilines is 1. The Kier molecular flexibility index (Phi) is 6.00. The second-order valence-electron chi connectivity index (χ2n) is 6.74. The molecule has 1 aromatic carbocycles. The first-order chi connectivity index (χ1) is 13.2. The third kappa shape index (κ3) is 4.17. The quantitative estimate of drug-likeness (QED) is 0.629. The molecule has 1 fully saturated rings. The minimum Gasteiger partial charge on any atom is -0.384 e. The predicted octanol–water partition coefficient (Wildman–Crippen LogP) is 3.80. The minimum absolute atomic E-state index is 0.250. The minimum atomic E-state index is -4.14. The van der Waals surface area contributed by atoms with E-state index in [1.807, 2.05) is 18.6 Å². The van der Waals surface area contributed by atoms with Gasteiger partial charge in [-0.25, -0.2) is 14.5 Å². The number of benzene rings is 1. The average Bonchev–Trinajstić information content (AvgIpc) is 3.11. The van der Waals surface area contributed by atoms with Crippen LogP contribution in [0.5, 0.6) is 0 Å². The number of aliphatic hydroxyl groups is 1. The van der Waals surface area contributed by atoms with Gasteiger partial charge in [-0.05, 0) is 55.4 Å². The zero-order chi connectivity index (χ0) is 20.5. The summed E-state index contributed by atoms with van der Waals surface area (Å²) in [6.07, 6.45) is 4.67. The number of aromatic nitrogens is 1. The van der Waals surface area contributed by atoms with E-state index in [2.05, 4.69) is 10.3 Å². The largest absolute Gasteiger partial charge is 0.384 e. The van der Waals surface area contributed by atoms with Crippen molar-refractivity contribution in [2.75, 3.05) is 5.32 Å². The SMILES string of the molecule is CCc1cc(Cl)cc(CC)c1NC(=O)NS(=O)(=O)c1ncc(C2(O)CCC2)s1. The summed E-state index contributed by atoms with van der Waals surface area (Å²) < 4.78 is 26.8. The highest BCUT2D eigenvalue weighted by atomic mass is 35.5. The fourth-order valence-corrected chi connectivity index (χ4v) is 5.57. The summed E-state index contributed by atoms with van der Waals surface area (Å²) in [5.74, 6) is 0. The highest BCUT2D eigenvalue weighted by Crippen LogP contribution is 2.43. The van der Waals surface area contributed by atoms with Crippen molar-refractivity contribution in [3.63, 3.8) is 0 Å². The van der Waals surface area contributed by atoms with E-state index in [0.717, 1.165) is 28.9 Å². The number of halogens is 1. The van der Waals surface area contributed by atoms with E-state index in [1.54, 1.807) is 12.1 Å². The number of amides is 2. The lowest BCUT2D eigenvalue weighted by molar-refractivity contribution is -0.0356. The summed E-state index contributed by atoms with van der Waals surface area (Å²) in [5.41, 5.74) is 1.20. The highest BCUT2D eigenvalue weighted by Gasteiger charge is 2.39. The number of rotatable bonds is 6. The maximum absolute atomic E-state index is 12.5. The fourth-order valence-electron chi connectivity index (χ4n) is 3.10. The number of aryl methyl sites for hydroxylation is 2. The summed E-state index contributed by atoms with van der Waals surface area (Å²) >= 11 is 6.99. The molecule has 1 heterocycles. The van der Waals surface area contributed by atoms with E-state index in [-0.39, 0.29) is 4.34 Å². The molecule has 28 heavy (non-hydrogen) atoms. The summed E-state index contributed by atoms with van der Waals surface area (Å²) in [4.78, 5) is 16.8. The van der Waals surface area contributed by atoms with Gasteiger partial charge in [-0.1, -0.05) is 25.4 Å². The van der Waals surface area contributed by atoms with Crippen molar-refractivity contribution in [2.24, 2.45) is 0 Å². The number of thiazole rings is 1. The van der Waals surface area contributed by atoms with Crippen molar-refractivity contribution in [3.05, 3.63) is 39.4 Å². The Labute approximate surface area is 173 Å². The van der Waals surface area contributed by atoms with Crippen molar-refractivity contribution in [1.29, 1.82) is 0 Å². The van der Waals surface area contributed by atoms with Crippen LogP contribution in [-0.4, -0.2) is 24.5 Å². The maximum Gasteiger partial charge on any atom is 0.333 e. The van der Waals surface area contributed by atoms with E-state index in [9.17, 15) is 18.3 Å². The molecular formula is C18H22ClN3O4S2. The molecule has 1 aromatic heterocycles. The van der Waals surface area contributed by atoms with Crippen LogP contribution in [0.3, 0.4) is 0 Å². The predicted molar refractivity (Wildman–Crippen MR) is 109 cm³/mol. The third-order valence-corrected chi connectivity index (χ3v) is 7.98. The van der Waals surface area contributed by atoms with E-state index in [4.69, 9.17) is 11.6 Å². The molecule has 0 unspecified atom stereocenters. The molecule has 3 rings (SSSR count). The van der Waals surface area contributed by atoms with Gasteiger partial charge in [-0.3, -0.25) is 0 Å². The smallest absolute Gasteiger partial charge is 0.333 e. The van der Waals surface area contributed by atoms with Crippen LogP contribution in [0.2, 0.25) is 5.02 Å². The molecule has 0 radical (unpaired) electrons. The lowest BCUT2D eigenvalue weighted by Crippen LogP contribution is -2.35. The fraction of sp³-hybridized carbons (Fsp3) is 0.444. The summed E-state index contributed by atoms with van der Waals surface area (Å²) in [6.45, 7) is 3.85. The molecule has 1 aliphatic carbocycles. The molecule has 7 nitrogen and oxygen atoms in total. The van der Waals surface area contributed by atoms with Crippen molar-refractivity contribution in [3.8, 4) is 0 Å². The molecule has 10 heteroatoms. The van der Waals surface area contributed by atoms with Crippen LogP contribution in [0.4, 0.5) is 10.5 Å². The lowest BCUT2D eigenvalue weighted by atomic mass is 9.79. The van der Waals surface area contributed by atoms with Crippen molar-refractivity contribution in [2.45, 2.75) is 55.9 Å². The van der Waals surface area contributed by atoms with Gasteiger partial charge in [0.15, 0.2) is 0 Å². The monoisotopic (exact) mass is 443 g/mol. The van der Waals surface area contributed by atoms with Crippen LogP contribution in [-0.2, 0) is 28.5 Å². The van der Waals surface area contributed by atoms with Crippen molar-refractivity contribution in [1.82, 2.24) is 9.71 Å². The Morgan fingerprint density at radius 2 is 1.89 bits per heavy atom. The van der Waals surface area contributed by atoms with Gasteiger partial charge in [0.25, 0.3) is 10.0 Å². The Hall–Kier alpha value is -1.68. The first-order valence-electron chi connectivity index (χ1n) is 9.02. The topological polar surface area (TPSA) is 108 Å². The molecule has 1 saturated carbocycles. The third-order valence-electron chi connectivity index (χ3n) is 4.85. The Bertz CT molecular complexity index is 975. The van der Waals surface area contributed by atoms with Gasteiger partial charge in [-0.2, -0.15) is 8.42 Å². The molecule has 0 atom stereocenters. The number of sulfonamides is 1. The molecule has 0 saturated heterocycles. The van der Waals surface area contributed by atoms with Crippen molar-refractivity contribution < 1.29 is 18.3 Å². The number of hydrogen-bond donors (Lipinski definition) is 3. The van der Waals surface area contributed by atoms with Crippen LogP contribution in [0, 0.1) is 0 Å². The van der Waals surface area contributed by atoms with E-state index < -0.39 is 21.7 Å². The van der Waals surface area contributed by atoms with Gasteiger partial charge in [0, 0.05) is 16.9 Å². The first kappa shape index (κ1) is 21.0. The summed E-state index contributed by atoms with van der Waals surface area (Å²) in [7, 11) is -4.14. The summed E-state index contributed by atoms with van der Waals surface area (Å²) in [6, 6.07) is 2.62. The van der Waals surface area contributed by atoms with Gasteiger partial charge in [0.05, 0.1) is 4.88 Å². The molecule has 0 spiro atoms. The number of carbonyl (C=O) groups is 1. The number of hydrogen-bond acceptors (Lipinski definition) is 6. The molecule has 0 bridgehead atoms. The Balaban J connectivity index is 1.78. The van der Waals surface area contributed by atoms with Crippen LogP contribution >= 0.6 is 22.9 Å². The van der Waals surface area contributed by atoms with Crippen LogP contribution < -0.4 is 10.0 Å². The number of carbonyl (C=O) groups excluding carboxylic acids is 1. The average molecular weight is 444 g/mol. The van der Waals surface area contributed by atoms with E-state index in [1.165, 1.54) is 6.20 Å². The normalized spacial score (nSPS) is 15.7. The number of nitrogens with one attached hydrogen (secondary N) is 2. The lowest BCUT2D eigenvalue weighted by Gasteiger charge is -2.35. The molecule has 2 aromatic rings. The molecule has 2 amide bonds. The summed E-state index contributed by atoms with van der Waals surface area (Å²) in [5, 5.41) is 13.5. The van der Waals surface area contributed by atoms with Crippen LogP contribution in [0.25, 0.3) is 0 Å². The second kappa shape index (κ2) is 7.98. The molecule has 3 N–H and O–H groups in total. The van der Waals surface area contributed by atoms with Gasteiger partial charge in [-0.15, -0.1) is 11.3 Å². The standard InChI is InChI=1S/C18H22ClN3O4S2/c1-3-11-8-13(19)9-12(4-2)15(11)21-16(23)22-28(25,26)17-20-10-14(27-17)18(24)6-5-7-18/h8-10,24H,3-7H2,1-2H3,(H2,21,22,23). The maximum atomic E-state index is 12.5. The van der Waals surface area contributed by atoms with E-state index >= 15 is 0 Å². The van der Waals surface area contributed by atoms with Crippen molar-refractivity contribution >= 4 is 44.7 Å². The number of urea groups is 1. The zero-order valence-corrected chi connectivity index (χ0v) is 18.0. The molecule has 1 aliphatic rings. The van der Waals surface area contributed by atoms with E-state index in [0.29, 0.717) is 41.3 Å². The van der Waals surface area contributed by atoms with Crippen LogP contribution in [0.1, 0.15) is 49.1 Å². The van der Waals surface area contributed by atoms with Gasteiger partial charge in [0.1, 0.15) is 5.60 Å². The zero-order valence-electron chi connectivity index (χ0n) is 15.6. The molecule has 152 valence electrons. The van der Waals surface area contributed by atoms with Crippen LogP contribution in [0.15, 0.2) is 22.7 Å². The first-order valence-corrected chi connectivity index (χ1v) is 11.7. The Morgan fingerprint density at radius 1 is 1.29 bits per heavy atom. The van der Waals surface area contributed by atoms with Gasteiger partial charge >= 0.3 is 6.03 Å². The molecular weight excluding hydrogens is 422 g/mol. The highest BCUT2D eigenvalue weighted by molar-refractivity contribution is 7.92. The second-order valence-corrected chi connectivity index (χ2v) is 10.1. The number of nitrogens with zero attached hydrogens (tertiary/aromatic N) is 1. The Morgan fingerprint density at radius 3 is 2.39 bits per heavy atom.